The lowest BCUT2D eigenvalue weighted by Gasteiger charge is -2.36. The normalized spacial score (nSPS) is 17.9. The van der Waals surface area contributed by atoms with Crippen molar-refractivity contribution in [2.45, 2.75) is 94.4 Å². The summed E-state index contributed by atoms with van der Waals surface area (Å²) in [5.74, 6) is 1.52. The number of nitrogens with one attached hydrogen (secondary N) is 2. The van der Waals surface area contributed by atoms with E-state index < -0.39 is 0 Å². The molecule has 1 aromatic carbocycles. The molecule has 3 N–H and O–H groups in total. The van der Waals surface area contributed by atoms with E-state index in [1.807, 2.05) is 53.0 Å². The van der Waals surface area contributed by atoms with E-state index in [0.717, 1.165) is 68.2 Å². The highest BCUT2D eigenvalue weighted by atomic mass is 19.1. The molecule has 0 aromatic heterocycles. The van der Waals surface area contributed by atoms with Gasteiger partial charge in [0.2, 0.25) is 0 Å². The van der Waals surface area contributed by atoms with Crippen molar-refractivity contribution < 1.29 is 19.0 Å². The van der Waals surface area contributed by atoms with Gasteiger partial charge in [0.15, 0.2) is 0 Å². The molecular weight excluding hydrogens is 555 g/mol. The number of unbranched alkanes of at least 4 members (excludes halogenated alkanes) is 1. The van der Waals surface area contributed by atoms with Gasteiger partial charge in [-0.05, 0) is 93.9 Å². The highest BCUT2D eigenvalue weighted by molar-refractivity contribution is 5.93. The molecule has 3 rings (SSSR count). The minimum absolute atomic E-state index is 0.182. The first-order chi connectivity index (χ1) is 21.2. The number of likely N-dealkylation sites (tertiary alicyclic amines) is 1. The average molecular weight is 611 g/mol. The topological polar surface area (TPSA) is 86.2 Å². The van der Waals surface area contributed by atoms with Crippen LogP contribution in [0.2, 0.25) is 0 Å². The third-order valence-electron chi connectivity index (χ3n) is 7.51. The SMILES string of the molecule is CC.CCC/C=C/C(=C(/C)C1=C(C)OCCN1)N1CC/C(=C/N=C(C)Nc2ccc(CC)c(F)c2)C(=C(C)CC)C1.O=CO. The van der Waals surface area contributed by atoms with Crippen LogP contribution in [0.3, 0.4) is 0 Å². The number of benzene rings is 1. The number of ether oxygens (including phenoxy) is 1. The van der Waals surface area contributed by atoms with Gasteiger partial charge in [-0.3, -0.25) is 4.79 Å². The lowest BCUT2D eigenvalue weighted by molar-refractivity contribution is -0.122. The fourth-order valence-electron chi connectivity index (χ4n) is 5.01. The molecule has 1 fully saturated rings. The van der Waals surface area contributed by atoms with Gasteiger partial charge in [0.1, 0.15) is 24.0 Å². The summed E-state index contributed by atoms with van der Waals surface area (Å²) < 4.78 is 20.1. The van der Waals surface area contributed by atoms with Crippen LogP contribution in [0.4, 0.5) is 10.1 Å². The Kier molecular flexibility index (Phi) is 18.2. The number of halogens is 1. The van der Waals surface area contributed by atoms with Gasteiger partial charge >= 0.3 is 0 Å². The molecule has 2 heterocycles. The smallest absolute Gasteiger partial charge is 0.290 e. The van der Waals surface area contributed by atoms with Gasteiger partial charge in [-0.2, -0.15) is 0 Å². The van der Waals surface area contributed by atoms with Crippen LogP contribution in [0.15, 0.2) is 81.0 Å². The second-order valence-electron chi connectivity index (χ2n) is 10.5. The first kappa shape index (κ1) is 38.2. The molecule has 2 aliphatic heterocycles. The maximum Gasteiger partial charge on any atom is 0.290 e. The van der Waals surface area contributed by atoms with Crippen molar-refractivity contribution in [3.05, 3.63) is 87.4 Å². The molecule has 0 saturated carbocycles. The molecule has 1 aromatic rings. The monoisotopic (exact) mass is 610 g/mol. The Bertz CT molecular complexity index is 1260. The summed E-state index contributed by atoms with van der Waals surface area (Å²) in [6.07, 6.45) is 11.3. The van der Waals surface area contributed by atoms with Crippen LogP contribution < -0.4 is 10.6 Å². The van der Waals surface area contributed by atoms with Gasteiger partial charge in [0, 0.05) is 37.2 Å². The molecular formula is C36H55FN4O3. The summed E-state index contributed by atoms with van der Waals surface area (Å²) >= 11 is 0. The highest BCUT2D eigenvalue weighted by Gasteiger charge is 2.24. The molecule has 244 valence electrons. The van der Waals surface area contributed by atoms with E-state index in [-0.39, 0.29) is 12.3 Å². The van der Waals surface area contributed by atoms with Crippen molar-refractivity contribution in [1.82, 2.24) is 10.2 Å². The molecule has 0 aliphatic carbocycles. The summed E-state index contributed by atoms with van der Waals surface area (Å²) in [6, 6.07) is 5.28. The molecule has 7 nitrogen and oxygen atoms in total. The van der Waals surface area contributed by atoms with Gasteiger partial charge in [0.05, 0.1) is 5.70 Å². The van der Waals surface area contributed by atoms with Gasteiger partial charge in [-0.25, -0.2) is 9.38 Å². The van der Waals surface area contributed by atoms with Crippen molar-refractivity contribution >= 4 is 18.0 Å². The molecule has 44 heavy (non-hydrogen) atoms. The number of allylic oxidation sites excluding steroid dienone is 5. The molecule has 0 amide bonds. The van der Waals surface area contributed by atoms with Crippen LogP contribution in [0.1, 0.15) is 93.6 Å². The lowest BCUT2D eigenvalue weighted by atomic mass is 9.92. The highest BCUT2D eigenvalue weighted by Crippen LogP contribution is 2.31. The zero-order valence-corrected chi connectivity index (χ0v) is 28.4. The Hall–Kier alpha value is -3.81. The number of amidine groups is 1. The Morgan fingerprint density at radius 2 is 1.91 bits per heavy atom. The fourth-order valence-corrected chi connectivity index (χ4v) is 5.01. The summed E-state index contributed by atoms with van der Waals surface area (Å²) in [4.78, 5) is 15.6. The first-order valence-corrected chi connectivity index (χ1v) is 16.0. The van der Waals surface area contributed by atoms with Crippen LogP contribution in [0.5, 0.6) is 0 Å². The number of aliphatic imine (C=N–C) groups is 1. The third-order valence-corrected chi connectivity index (χ3v) is 7.51. The van der Waals surface area contributed by atoms with Crippen molar-refractivity contribution in [2.75, 3.05) is 31.6 Å². The number of aryl methyl sites for hydroxylation is 1. The quantitative estimate of drug-likeness (QED) is 0.112. The molecule has 0 spiro atoms. The van der Waals surface area contributed by atoms with Crippen LogP contribution >= 0.6 is 0 Å². The van der Waals surface area contributed by atoms with E-state index >= 15 is 0 Å². The Labute approximate surface area is 265 Å². The number of hydrogen-bond donors (Lipinski definition) is 3. The number of carbonyl (C=O) groups is 1. The summed E-state index contributed by atoms with van der Waals surface area (Å²) in [5.41, 5.74) is 9.01. The maximum atomic E-state index is 14.2. The van der Waals surface area contributed by atoms with E-state index in [4.69, 9.17) is 19.6 Å². The standard InChI is InChI=1S/C33H47FN4O.C2H6.CH2O2/c1-8-11-12-13-32(24(5)33-25(6)39-19-17-35-33)38-18-16-28(30(22-38)23(4)9-2)21-36-26(7)37-29-15-14-27(10-3)31(34)20-29;1-2;2-1-3/h12-15,20-21,35H,8-11,16-19,22H2,1-7H3,(H,36,37);1-2H3;1H,(H,2,3)/b13-12+,28-21-,30-23?,32-24+;;. The Balaban J connectivity index is 0.00000182. The molecule has 1 saturated heterocycles. The molecule has 2 aliphatic rings. The van der Waals surface area contributed by atoms with Crippen LogP contribution in [-0.4, -0.2) is 48.6 Å². The zero-order valence-electron chi connectivity index (χ0n) is 28.4. The van der Waals surface area contributed by atoms with Crippen molar-refractivity contribution in [1.29, 1.82) is 0 Å². The third kappa shape index (κ3) is 11.7. The van der Waals surface area contributed by atoms with Crippen LogP contribution in [-0.2, 0) is 16.0 Å². The maximum absolute atomic E-state index is 14.2. The fraction of sp³-hybridized carbons (Fsp3) is 0.500. The number of anilines is 1. The zero-order chi connectivity index (χ0) is 33.1. The number of carboxylic acid groups (broad SMARTS) is 1. The van der Waals surface area contributed by atoms with E-state index in [0.29, 0.717) is 18.7 Å². The summed E-state index contributed by atoms with van der Waals surface area (Å²) in [5, 5.41) is 13.7. The van der Waals surface area contributed by atoms with E-state index in [2.05, 4.69) is 55.4 Å². The Morgan fingerprint density at radius 1 is 1.20 bits per heavy atom. The number of rotatable bonds is 9. The van der Waals surface area contributed by atoms with Crippen molar-refractivity contribution in [3.8, 4) is 0 Å². The summed E-state index contributed by atoms with van der Waals surface area (Å²) in [6.45, 7) is 21.8. The van der Waals surface area contributed by atoms with Crippen molar-refractivity contribution in [2.24, 2.45) is 4.99 Å². The molecule has 0 bridgehead atoms. The van der Waals surface area contributed by atoms with Gasteiger partial charge in [0.25, 0.3) is 6.47 Å². The van der Waals surface area contributed by atoms with E-state index in [9.17, 15) is 4.39 Å². The number of piperidine rings is 1. The largest absolute Gasteiger partial charge is 0.494 e. The molecule has 0 unspecified atom stereocenters. The van der Waals surface area contributed by atoms with E-state index in [1.54, 1.807) is 6.07 Å². The number of hydrogen-bond acceptors (Lipinski definition) is 5. The van der Waals surface area contributed by atoms with Gasteiger partial charge in [-0.15, -0.1) is 0 Å². The van der Waals surface area contributed by atoms with Crippen LogP contribution in [0, 0.1) is 5.82 Å². The van der Waals surface area contributed by atoms with E-state index in [1.165, 1.54) is 28.0 Å². The minimum atomic E-state index is -0.250. The summed E-state index contributed by atoms with van der Waals surface area (Å²) in [7, 11) is 0. The molecule has 0 radical (unpaired) electrons. The number of nitrogens with zero attached hydrogens (tertiary/aromatic N) is 2. The molecule has 8 heteroatoms. The average Bonchev–Trinajstić information content (AvgIpc) is 3.03. The first-order valence-electron chi connectivity index (χ1n) is 16.0. The second-order valence-corrected chi connectivity index (χ2v) is 10.5. The van der Waals surface area contributed by atoms with Crippen molar-refractivity contribution in [3.63, 3.8) is 0 Å². The minimum Gasteiger partial charge on any atom is -0.494 e. The predicted molar refractivity (Wildman–Crippen MR) is 183 cm³/mol. The Morgan fingerprint density at radius 3 is 2.50 bits per heavy atom. The predicted octanol–water partition coefficient (Wildman–Crippen LogP) is 8.74. The molecule has 0 atom stereocenters. The second kappa shape index (κ2) is 21.0. The van der Waals surface area contributed by atoms with Gasteiger partial charge < -0.3 is 25.4 Å². The lowest BCUT2D eigenvalue weighted by Crippen LogP contribution is -2.34. The van der Waals surface area contributed by atoms with Gasteiger partial charge in [-0.1, -0.05) is 58.8 Å². The van der Waals surface area contributed by atoms with Crippen LogP contribution in [0.25, 0.3) is 0 Å².